The van der Waals surface area contributed by atoms with Crippen molar-refractivity contribution in [3.05, 3.63) is 63.5 Å². The molecule has 0 aliphatic heterocycles. The highest BCUT2D eigenvalue weighted by molar-refractivity contribution is 7.13. The second-order valence-electron chi connectivity index (χ2n) is 4.79. The minimum atomic E-state index is -0.285. The fourth-order valence-electron chi connectivity index (χ4n) is 2.00. The van der Waals surface area contributed by atoms with Gasteiger partial charge in [0.1, 0.15) is 16.5 Å². The first-order chi connectivity index (χ1) is 10.6. The number of rotatable bonds is 4. The van der Waals surface area contributed by atoms with Gasteiger partial charge in [0.25, 0.3) is 5.91 Å². The summed E-state index contributed by atoms with van der Waals surface area (Å²) >= 11 is 3.00. The minimum Gasteiger partial charge on any atom is -0.335 e. The summed E-state index contributed by atoms with van der Waals surface area (Å²) in [4.78, 5) is 19.5. The van der Waals surface area contributed by atoms with Gasteiger partial charge < -0.3 is 4.90 Å². The molecule has 2 aromatic heterocycles. The standard InChI is InChI=1S/C16H13FN2OS2/c1-19(9-13-3-2-8-21-13)16(20)14-10-22-15(18-14)11-4-6-12(17)7-5-11/h2-8,10H,9H2,1H3. The van der Waals surface area contributed by atoms with Crippen molar-refractivity contribution < 1.29 is 9.18 Å². The van der Waals surface area contributed by atoms with Crippen LogP contribution < -0.4 is 0 Å². The molecular formula is C16H13FN2OS2. The Balaban J connectivity index is 1.75. The van der Waals surface area contributed by atoms with E-state index in [-0.39, 0.29) is 11.7 Å². The molecule has 0 fully saturated rings. The van der Waals surface area contributed by atoms with Gasteiger partial charge in [-0.1, -0.05) is 6.07 Å². The molecule has 3 nitrogen and oxygen atoms in total. The zero-order valence-corrected chi connectivity index (χ0v) is 13.5. The Bertz CT molecular complexity index is 766. The van der Waals surface area contributed by atoms with Crippen molar-refractivity contribution in [2.75, 3.05) is 7.05 Å². The van der Waals surface area contributed by atoms with Crippen LogP contribution in [-0.2, 0) is 6.54 Å². The van der Waals surface area contributed by atoms with Crippen molar-refractivity contribution in [2.24, 2.45) is 0 Å². The number of halogens is 1. The molecule has 0 atom stereocenters. The molecule has 112 valence electrons. The van der Waals surface area contributed by atoms with Crippen molar-refractivity contribution in [3.8, 4) is 10.6 Å². The Hall–Kier alpha value is -2.05. The maximum Gasteiger partial charge on any atom is 0.273 e. The van der Waals surface area contributed by atoms with Crippen LogP contribution in [0.25, 0.3) is 10.6 Å². The average Bonchev–Trinajstić information content (AvgIpc) is 3.18. The molecule has 0 spiro atoms. The topological polar surface area (TPSA) is 33.2 Å². The first kappa shape index (κ1) is 14.9. The van der Waals surface area contributed by atoms with Crippen molar-refractivity contribution in [3.63, 3.8) is 0 Å². The second-order valence-corrected chi connectivity index (χ2v) is 6.68. The van der Waals surface area contributed by atoms with Gasteiger partial charge in [0.15, 0.2) is 0 Å². The third-order valence-electron chi connectivity index (χ3n) is 3.13. The van der Waals surface area contributed by atoms with Crippen molar-refractivity contribution in [1.29, 1.82) is 0 Å². The molecule has 22 heavy (non-hydrogen) atoms. The predicted octanol–water partition coefficient (Wildman–Crippen LogP) is 4.28. The summed E-state index contributed by atoms with van der Waals surface area (Å²) < 4.78 is 12.9. The first-order valence-corrected chi connectivity index (χ1v) is 8.39. The Morgan fingerprint density at radius 2 is 2.00 bits per heavy atom. The molecule has 6 heteroatoms. The maximum atomic E-state index is 12.9. The summed E-state index contributed by atoms with van der Waals surface area (Å²) in [6, 6.07) is 10.1. The highest BCUT2D eigenvalue weighted by Crippen LogP contribution is 2.24. The number of nitrogens with zero attached hydrogens (tertiary/aromatic N) is 2. The molecular weight excluding hydrogens is 319 g/mol. The molecule has 0 saturated heterocycles. The van der Waals surface area contributed by atoms with E-state index in [9.17, 15) is 9.18 Å². The number of carbonyl (C=O) groups excluding carboxylic acids is 1. The van der Waals surface area contributed by atoms with E-state index in [0.29, 0.717) is 17.2 Å². The van der Waals surface area contributed by atoms with Gasteiger partial charge in [-0.05, 0) is 35.7 Å². The van der Waals surface area contributed by atoms with Crippen LogP contribution in [0.4, 0.5) is 4.39 Å². The largest absolute Gasteiger partial charge is 0.335 e. The number of benzene rings is 1. The van der Waals surface area contributed by atoms with Crippen LogP contribution in [0, 0.1) is 5.82 Å². The molecule has 0 aliphatic rings. The molecule has 3 aromatic rings. The number of carbonyl (C=O) groups is 1. The maximum absolute atomic E-state index is 12.9. The average molecular weight is 332 g/mol. The molecule has 0 bridgehead atoms. The number of hydrogen-bond acceptors (Lipinski definition) is 4. The van der Waals surface area contributed by atoms with E-state index < -0.39 is 0 Å². The van der Waals surface area contributed by atoms with E-state index in [1.807, 2.05) is 17.5 Å². The number of thiophene rings is 1. The first-order valence-electron chi connectivity index (χ1n) is 6.63. The Labute approximate surface area is 135 Å². The summed E-state index contributed by atoms with van der Waals surface area (Å²) in [7, 11) is 1.76. The zero-order chi connectivity index (χ0) is 15.5. The van der Waals surface area contributed by atoms with Crippen molar-refractivity contribution in [2.45, 2.75) is 6.54 Å². The Morgan fingerprint density at radius 3 is 2.68 bits per heavy atom. The van der Waals surface area contributed by atoms with Crippen molar-refractivity contribution in [1.82, 2.24) is 9.88 Å². The van der Waals surface area contributed by atoms with Gasteiger partial charge in [0, 0.05) is 22.9 Å². The number of aromatic nitrogens is 1. The van der Waals surface area contributed by atoms with E-state index in [4.69, 9.17) is 0 Å². The molecule has 1 amide bonds. The summed E-state index contributed by atoms with van der Waals surface area (Å²) in [5, 5.41) is 4.45. The van der Waals surface area contributed by atoms with Crippen LogP contribution in [0.5, 0.6) is 0 Å². The monoisotopic (exact) mass is 332 g/mol. The van der Waals surface area contributed by atoms with Gasteiger partial charge in [-0.3, -0.25) is 4.79 Å². The van der Waals surface area contributed by atoms with Gasteiger partial charge in [-0.2, -0.15) is 0 Å². The lowest BCUT2D eigenvalue weighted by molar-refractivity contribution is 0.0781. The molecule has 0 N–H and O–H groups in total. The van der Waals surface area contributed by atoms with Crippen LogP contribution in [0.2, 0.25) is 0 Å². The van der Waals surface area contributed by atoms with Gasteiger partial charge in [0.05, 0.1) is 6.54 Å². The van der Waals surface area contributed by atoms with Gasteiger partial charge in [-0.15, -0.1) is 22.7 Å². The van der Waals surface area contributed by atoms with Gasteiger partial charge >= 0.3 is 0 Å². The number of amides is 1. The summed E-state index contributed by atoms with van der Waals surface area (Å²) in [6.07, 6.45) is 0. The van der Waals surface area contributed by atoms with Crippen molar-refractivity contribution >= 4 is 28.6 Å². The normalized spacial score (nSPS) is 10.6. The van der Waals surface area contributed by atoms with E-state index in [2.05, 4.69) is 4.98 Å². The smallest absolute Gasteiger partial charge is 0.273 e. The molecule has 0 radical (unpaired) electrons. The quantitative estimate of drug-likeness (QED) is 0.714. The minimum absolute atomic E-state index is 0.113. The Kier molecular flexibility index (Phi) is 4.31. The fourth-order valence-corrected chi connectivity index (χ4v) is 3.56. The van der Waals surface area contributed by atoms with E-state index in [0.717, 1.165) is 10.4 Å². The SMILES string of the molecule is CN(Cc1cccs1)C(=O)c1csc(-c2ccc(F)cc2)n1. The molecule has 3 rings (SSSR count). The lowest BCUT2D eigenvalue weighted by Gasteiger charge is -2.14. The fraction of sp³-hybridized carbons (Fsp3) is 0.125. The van der Waals surface area contributed by atoms with E-state index in [1.54, 1.807) is 40.8 Å². The van der Waals surface area contributed by atoms with Gasteiger partial charge in [0.2, 0.25) is 0 Å². The molecule has 0 unspecified atom stereocenters. The van der Waals surface area contributed by atoms with Crippen LogP contribution >= 0.6 is 22.7 Å². The van der Waals surface area contributed by atoms with Crippen LogP contribution in [0.15, 0.2) is 47.2 Å². The lowest BCUT2D eigenvalue weighted by Crippen LogP contribution is -2.26. The molecule has 2 heterocycles. The highest BCUT2D eigenvalue weighted by atomic mass is 32.1. The Morgan fingerprint density at radius 1 is 1.23 bits per heavy atom. The van der Waals surface area contributed by atoms with Crippen LogP contribution in [-0.4, -0.2) is 22.8 Å². The number of hydrogen-bond donors (Lipinski definition) is 0. The third kappa shape index (κ3) is 3.23. The van der Waals surface area contributed by atoms with E-state index >= 15 is 0 Å². The van der Waals surface area contributed by atoms with Crippen LogP contribution in [0.1, 0.15) is 15.4 Å². The second kappa shape index (κ2) is 6.37. The highest BCUT2D eigenvalue weighted by Gasteiger charge is 2.16. The van der Waals surface area contributed by atoms with Gasteiger partial charge in [-0.25, -0.2) is 9.37 Å². The van der Waals surface area contributed by atoms with E-state index in [1.165, 1.54) is 23.5 Å². The summed E-state index contributed by atoms with van der Waals surface area (Å²) in [5.41, 5.74) is 1.23. The molecule has 0 aliphatic carbocycles. The summed E-state index contributed by atoms with van der Waals surface area (Å²) in [5.74, 6) is -0.398. The third-order valence-corrected chi connectivity index (χ3v) is 4.89. The summed E-state index contributed by atoms with van der Waals surface area (Å²) in [6.45, 7) is 0.569. The molecule has 0 saturated carbocycles. The number of thiazole rings is 1. The lowest BCUT2D eigenvalue weighted by atomic mass is 10.2. The van der Waals surface area contributed by atoms with Crippen LogP contribution in [0.3, 0.4) is 0 Å². The molecule has 1 aromatic carbocycles. The predicted molar refractivity (Wildman–Crippen MR) is 87.6 cm³/mol. The zero-order valence-electron chi connectivity index (χ0n) is 11.8.